The van der Waals surface area contributed by atoms with E-state index in [4.69, 9.17) is 11.6 Å². The zero-order valence-electron chi connectivity index (χ0n) is 19.8. The third kappa shape index (κ3) is 7.20. The van der Waals surface area contributed by atoms with Crippen molar-refractivity contribution in [1.29, 1.82) is 0 Å². The molecular formula is C24H32ClN3O4S. The Morgan fingerprint density at radius 1 is 1.12 bits per heavy atom. The average Bonchev–Trinajstić information content (AvgIpc) is 2.75. The first-order valence-electron chi connectivity index (χ1n) is 10.8. The average molecular weight is 494 g/mol. The number of halogens is 1. The van der Waals surface area contributed by atoms with Crippen LogP contribution in [0.25, 0.3) is 0 Å². The Morgan fingerprint density at radius 2 is 1.79 bits per heavy atom. The van der Waals surface area contributed by atoms with E-state index in [-0.39, 0.29) is 12.5 Å². The fourth-order valence-electron chi connectivity index (χ4n) is 3.45. The molecule has 2 aromatic carbocycles. The monoisotopic (exact) mass is 493 g/mol. The lowest BCUT2D eigenvalue weighted by molar-refractivity contribution is -0.139. The van der Waals surface area contributed by atoms with Gasteiger partial charge < -0.3 is 10.2 Å². The van der Waals surface area contributed by atoms with Gasteiger partial charge in [0.2, 0.25) is 21.8 Å². The standard InChI is InChI=1S/C24H32ClN3O4S/c1-6-13-26-24(30)19(4)27(15-20-10-7-9-17(2)14-20)23(29)16-28(33(5,31)32)22-12-8-11-21(25)18(22)3/h7-12,14,19H,6,13,15-16H2,1-5H3,(H,26,30). The Labute approximate surface area is 201 Å². The lowest BCUT2D eigenvalue weighted by Gasteiger charge is -2.32. The first-order valence-corrected chi connectivity index (χ1v) is 13.0. The predicted octanol–water partition coefficient (Wildman–Crippen LogP) is 3.67. The highest BCUT2D eigenvalue weighted by Crippen LogP contribution is 2.28. The van der Waals surface area contributed by atoms with E-state index in [0.29, 0.717) is 22.8 Å². The molecule has 0 aliphatic heterocycles. The fourth-order valence-corrected chi connectivity index (χ4v) is 4.52. The molecule has 2 rings (SSSR count). The van der Waals surface area contributed by atoms with Crippen molar-refractivity contribution >= 4 is 39.1 Å². The van der Waals surface area contributed by atoms with E-state index in [0.717, 1.165) is 28.1 Å². The highest BCUT2D eigenvalue weighted by molar-refractivity contribution is 7.92. The van der Waals surface area contributed by atoms with Crippen molar-refractivity contribution in [1.82, 2.24) is 10.2 Å². The van der Waals surface area contributed by atoms with Crippen molar-refractivity contribution in [3.05, 3.63) is 64.2 Å². The van der Waals surface area contributed by atoms with Crippen LogP contribution in [-0.4, -0.2) is 50.5 Å². The van der Waals surface area contributed by atoms with E-state index >= 15 is 0 Å². The maximum Gasteiger partial charge on any atom is 0.244 e. The van der Waals surface area contributed by atoms with Crippen molar-refractivity contribution in [2.45, 2.75) is 46.7 Å². The summed E-state index contributed by atoms with van der Waals surface area (Å²) in [5, 5.41) is 3.21. The van der Waals surface area contributed by atoms with Gasteiger partial charge in [0.05, 0.1) is 11.9 Å². The quantitative estimate of drug-likeness (QED) is 0.547. The van der Waals surface area contributed by atoms with Gasteiger partial charge in [0, 0.05) is 18.1 Å². The molecule has 33 heavy (non-hydrogen) atoms. The van der Waals surface area contributed by atoms with E-state index in [1.54, 1.807) is 32.0 Å². The third-order valence-electron chi connectivity index (χ3n) is 5.34. The van der Waals surface area contributed by atoms with E-state index in [1.807, 2.05) is 38.1 Å². The molecule has 180 valence electrons. The summed E-state index contributed by atoms with van der Waals surface area (Å²) < 4.78 is 26.3. The van der Waals surface area contributed by atoms with Gasteiger partial charge in [0.25, 0.3) is 0 Å². The van der Waals surface area contributed by atoms with Gasteiger partial charge in [-0.25, -0.2) is 8.42 Å². The van der Waals surface area contributed by atoms with Gasteiger partial charge in [0.15, 0.2) is 0 Å². The molecule has 1 atom stereocenters. The number of benzene rings is 2. The number of nitrogens with zero attached hydrogens (tertiary/aromatic N) is 2. The smallest absolute Gasteiger partial charge is 0.244 e. The lowest BCUT2D eigenvalue weighted by atomic mass is 10.1. The van der Waals surface area contributed by atoms with Crippen molar-refractivity contribution < 1.29 is 18.0 Å². The zero-order chi connectivity index (χ0) is 24.8. The van der Waals surface area contributed by atoms with Gasteiger partial charge >= 0.3 is 0 Å². The van der Waals surface area contributed by atoms with Crippen LogP contribution in [0.2, 0.25) is 5.02 Å². The molecule has 0 spiro atoms. The molecule has 0 radical (unpaired) electrons. The van der Waals surface area contributed by atoms with Crippen LogP contribution in [0.15, 0.2) is 42.5 Å². The van der Waals surface area contributed by atoms with Gasteiger partial charge in [-0.2, -0.15) is 0 Å². The van der Waals surface area contributed by atoms with E-state index in [2.05, 4.69) is 5.32 Å². The summed E-state index contributed by atoms with van der Waals surface area (Å²) in [6, 6.07) is 11.8. The summed E-state index contributed by atoms with van der Waals surface area (Å²) in [4.78, 5) is 27.6. The van der Waals surface area contributed by atoms with E-state index in [9.17, 15) is 18.0 Å². The number of carbonyl (C=O) groups excluding carboxylic acids is 2. The summed E-state index contributed by atoms with van der Waals surface area (Å²) in [6.45, 7) is 7.45. The van der Waals surface area contributed by atoms with Crippen LogP contribution in [0, 0.1) is 13.8 Å². The lowest BCUT2D eigenvalue weighted by Crippen LogP contribution is -2.51. The Hall–Kier alpha value is -2.58. The zero-order valence-corrected chi connectivity index (χ0v) is 21.3. The highest BCUT2D eigenvalue weighted by atomic mass is 35.5. The van der Waals surface area contributed by atoms with E-state index in [1.165, 1.54) is 4.90 Å². The van der Waals surface area contributed by atoms with Gasteiger partial charge in [-0.05, 0) is 50.5 Å². The second-order valence-corrected chi connectivity index (χ2v) is 10.4. The minimum absolute atomic E-state index is 0.174. The van der Waals surface area contributed by atoms with Gasteiger partial charge in [-0.1, -0.05) is 54.4 Å². The maximum atomic E-state index is 13.5. The highest BCUT2D eigenvalue weighted by Gasteiger charge is 2.30. The van der Waals surface area contributed by atoms with Crippen molar-refractivity contribution in [2.24, 2.45) is 0 Å². The fraction of sp³-hybridized carbons (Fsp3) is 0.417. The number of nitrogens with one attached hydrogen (secondary N) is 1. The number of anilines is 1. The SMILES string of the molecule is CCCNC(=O)C(C)N(Cc1cccc(C)c1)C(=O)CN(c1cccc(Cl)c1C)S(C)(=O)=O. The predicted molar refractivity (Wildman–Crippen MR) is 133 cm³/mol. The van der Waals surface area contributed by atoms with Gasteiger partial charge in [-0.15, -0.1) is 0 Å². The molecule has 0 saturated heterocycles. The summed E-state index contributed by atoms with van der Waals surface area (Å²) in [5.74, 6) is -0.775. The molecule has 1 N–H and O–H groups in total. The number of aryl methyl sites for hydroxylation is 1. The molecule has 1 unspecified atom stereocenters. The topological polar surface area (TPSA) is 86.8 Å². The summed E-state index contributed by atoms with van der Waals surface area (Å²) >= 11 is 6.20. The second-order valence-electron chi connectivity index (χ2n) is 8.13. The summed E-state index contributed by atoms with van der Waals surface area (Å²) in [5.41, 5.74) is 2.76. The Balaban J connectivity index is 2.42. The van der Waals surface area contributed by atoms with Crippen LogP contribution in [0.5, 0.6) is 0 Å². The molecule has 0 aliphatic carbocycles. The number of hydrogen-bond acceptors (Lipinski definition) is 4. The molecule has 2 amide bonds. The number of carbonyl (C=O) groups is 2. The van der Waals surface area contributed by atoms with Crippen LogP contribution in [0.4, 0.5) is 5.69 Å². The maximum absolute atomic E-state index is 13.5. The summed E-state index contributed by atoms with van der Waals surface area (Å²) in [7, 11) is -3.80. The van der Waals surface area contributed by atoms with Crippen LogP contribution in [0.3, 0.4) is 0 Å². The second kappa shape index (κ2) is 11.5. The molecule has 0 aliphatic rings. The number of rotatable bonds is 10. The Kier molecular flexibility index (Phi) is 9.31. The number of sulfonamides is 1. The van der Waals surface area contributed by atoms with Gasteiger partial charge in [0.1, 0.15) is 12.6 Å². The van der Waals surface area contributed by atoms with Gasteiger partial charge in [-0.3, -0.25) is 13.9 Å². The Morgan fingerprint density at radius 3 is 2.39 bits per heavy atom. The van der Waals surface area contributed by atoms with Crippen LogP contribution in [-0.2, 0) is 26.2 Å². The molecule has 2 aromatic rings. The van der Waals surface area contributed by atoms with Crippen LogP contribution in [0.1, 0.15) is 37.0 Å². The first kappa shape index (κ1) is 26.7. The first-order chi connectivity index (χ1) is 15.5. The molecule has 7 nitrogen and oxygen atoms in total. The number of amides is 2. The van der Waals surface area contributed by atoms with Crippen LogP contribution < -0.4 is 9.62 Å². The molecule has 0 saturated carbocycles. The van der Waals surface area contributed by atoms with Crippen molar-refractivity contribution in [3.63, 3.8) is 0 Å². The molecular weight excluding hydrogens is 462 g/mol. The largest absolute Gasteiger partial charge is 0.354 e. The molecule has 0 heterocycles. The molecule has 9 heteroatoms. The normalized spacial score (nSPS) is 12.2. The minimum Gasteiger partial charge on any atom is -0.354 e. The number of hydrogen-bond donors (Lipinski definition) is 1. The minimum atomic E-state index is -3.80. The molecule has 0 aromatic heterocycles. The van der Waals surface area contributed by atoms with Crippen LogP contribution >= 0.6 is 11.6 Å². The Bertz CT molecular complexity index is 1100. The van der Waals surface area contributed by atoms with Crippen molar-refractivity contribution in [2.75, 3.05) is 23.7 Å². The van der Waals surface area contributed by atoms with E-state index < -0.39 is 28.5 Å². The third-order valence-corrected chi connectivity index (χ3v) is 6.87. The van der Waals surface area contributed by atoms with Crippen molar-refractivity contribution in [3.8, 4) is 0 Å². The molecule has 0 bridgehead atoms. The summed E-state index contributed by atoms with van der Waals surface area (Å²) in [6.07, 6.45) is 1.81. The molecule has 0 fully saturated rings.